The van der Waals surface area contributed by atoms with E-state index in [9.17, 15) is 14.3 Å². The Morgan fingerprint density at radius 3 is 2.29 bits per heavy atom. The van der Waals surface area contributed by atoms with Gasteiger partial charge in [-0.15, -0.1) is 0 Å². The quantitative estimate of drug-likeness (QED) is 0.819. The van der Waals surface area contributed by atoms with Crippen LogP contribution in [0.4, 0.5) is 4.39 Å². The molecule has 0 spiro atoms. The Hall–Kier alpha value is -2.40. The van der Waals surface area contributed by atoms with E-state index in [1.54, 1.807) is 26.2 Å². The summed E-state index contributed by atoms with van der Waals surface area (Å²) in [5, 5.41) is 13.2. The molecule has 2 rings (SSSR count). The minimum absolute atomic E-state index is 0.138. The van der Waals surface area contributed by atoms with E-state index in [-0.39, 0.29) is 24.7 Å². The number of aliphatic hydroxyl groups is 1. The van der Waals surface area contributed by atoms with Gasteiger partial charge in [0.05, 0.1) is 19.1 Å². The molecular weight excluding hydrogens is 309 g/mol. The maximum Gasteiger partial charge on any atom is 0.224 e. The minimum atomic E-state index is -1.06. The van der Waals surface area contributed by atoms with Crippen LogP contribution in [0.3, 0.4) is 0 Å². The molecular formula is C19H22FNO3. The zero-order valence-electron chi connectivity index (χ0n) is 13.9. The predicted molar refractivity (Wildman–Crippen MR) is 90.4 cm³/mol. The summed E-state index contributed by atoms with van der Waals surface area (Å²) in [6.07, 6.45) is 0.562. The lowest BCUT2D eigenvalue weighted by Crippen LogP contribution is -2.42. The number of halogens is 1. The normalized spacial score (nSPS) is 13.2. The fourth-order valence-corrected chi connectivity index (χ4v) is 2.38. The van der Waals surface area contributed by atoms with Crippen molar-refractivity contribution in [1.29, 1.82) is 0 Å². The molecule has 0 bridgehead atoms. The molecule has 1 amide bonds. The average Bonchev–Trinajstić information content (AvgIpc) is 2.56. The van der Waals surface area contributed by atoms with Crippen LogP contribution in [0.1, 0.15) is 18.1 Å². The van der Waals surface area contributed by atoms with Crippen molar-refractivity contribution < 1.29 is 19.0 Å². The van der Waals surface area contributed by atoms with E-state index in [2.05, 4.69) is 5.32 Å². The molecule has 5 heteroatoms. The molecule has 2 N–H and O–H groups in total. The summed E-state index contributed by atoms with van der Waals surface area (Å²) >= 11 is 0. The van der Waals surface area contributed by atoms with Crippen molar-refractivity contribution in [2.24, 2.45) is 0 Å². The summed E-state index contributed by atoms with van der Waals surface area (Å²) in [5.41, 5.74) is 0.616. The highest BCUT2D eigenvalue weighted by molar-refractivity contribution is 5.78. The van der Waals surface area contributed by atoms with Gasteiger partial charge in [-0.2, -0.15) is 0 Å². The smallest absolute Gasteiger partial charge is 0.224 e. The van der Waals surface area contributed by atoms with Gasteiger partial charge < -0.3 is 15.2 Å². The van der Waals surface area contributed by atoms with Crippen molar-refractivity contribution in [3.8, 4) is 5.75 Å². The molecule has 0 aliphatic heterocycles. The van der Waals surface area contributed by atoms with Crippen molar-refractivity contribution >= 4 is 5.91 Å². The van der Waals surface area contributed by atoms with Crippen LogP contribution in [0, 0.1) is 5.82 Å². The van der Waals surface area contributed by atoms with Gasteiger partial charge in [0.25, 0.3) is 0 Å². The van der Waals surface area contributed by atoms with Crippen LogP contribution < -0.4 is 10.1 Å². The van der Waals surface area contributed by atoms with Crippen molar-refractivity contribution in [1.82, 2.24) is 5.32 Å². The number of methoxy groups -OCH3 is 1. The van der Waals surface area contributed by atoms with E-state index in [1.165, 1.54) is 12.1 Å². The van der Waals surface area contributed by atoms with E-state index >= 15 is 0 Å². The van der Waals surface area contributed by atoms with E-state index in [1.807, 2.05) is 24.3 Å². The summed E-state index contributed by atoms with van der Waals surface area (Å²) in [4.78, 5) is 11.9. The standard InChI is InChI=1S/C19H22FNO3/c1-19(23,12-15-5-9-17(24-2)10-6-15)13-21-18(22)11-14-3-7-16(20)8-4-14/h3-10,23H,11-13H2,1-2H3,(H,21,22)/t19-/m1/s1. The van der Waals surface area contributed by atoms with Crippen molar-refractivity contribution in [3.63, 3.8) is 0 Å². The van der Waals surface area contributed by atoms with Gasteiger partial charge in [-0.05, 0) is 42.3 Å². The third kappa shape index (κ3) is 5.66. The highest BCUT2D eigenvalue weighted by Crippen LogP contribution is 2.16. The molecule has 0 saturated heterocycles. The molecule has 4 nitrogen and oxygen atoms in total. The van der Waals surface area contributed by atoms with Crippen LogP contribution in [0.15, 0.2) is 48.5 Å². The maximum atomic E-state index is 12.8. The molecule has 0 aromatic heterocycles. The van der Waals surface area contributed by atoms with Gasteiger partial charge in [0.2, 0.25) is 5.91 Å². The highest BCUT2D eigenvalue weighted by Gasteiger charge is 2.22. The molecule has 0 fully saturated rings. The zero-order valence-corrected chi connectivity index (χ0v) is 13.9. The Morgan fingerprint density at radius 1 is 1.12 bits per heavy atom. The lowest BCUT2D eigenvalue weighted by atomic mass is 9.96. The summed E-state index contributed by atoms with van der Waals surface area (Å²) in [6, 6.07) is 13.2. The largest absolute Gasteiger partial charge is 0.497 e. The van der Waals surface area contributed by atoms with E-state index in [0.29, 0.717) is 6.42 Å². The molecule has 0 aliphatic carbocycles. The molecule has 24 heavy (non-hydrogen) atoms. The summed E-state index contributed by atoms with van der Waals surface area (Å²) in [7, 11) is 1.60. The van der Waals surface area contributed by atoms with Crippen LogP contribution in [0.2, 0.25) is 0 Å². The number of carbonyl (C=O) groups is 1. The molecule has 0 heterocycles. The Balaban J connectivity index is 1.84. The predicted octanol–water partition coefficient (Wildman–Crippen LogP) is 2.49. The van der Waals surface area contributed by atoms with Gasteiger partial charge in [-0.1, -0.05) is 24.3 Å². The van der Waals surface area contributed by atoms with Crippen LogP contribution in [0.5, 0.6) is 5.75 Å². The second-order valence-corrected chi connectivity index (χ2v) is 6.10. The number of nitrogens with one attached hydrogen (secondary N) is 1. The number of benzene rings is 2. The Morgan fingerprint density at radius 2 is 1.71 bits per heavy atom. The monoisotopic (exact) mass is 331 g/mol. The number of hydrogen-bond donors (Lipinski definition) is 2. The van der Waals surface area contributed by atoms with Crippen LogP contribution in [0.25, 0.3) is 0 Å². The van der Waals surface area contributed by atoms with Gasteiger partial charge in [0.1, 0.15) is 11.6 Å². The van der Waals surface area contributed by atoms with Crippen LogP contribution in [-0.4, -0.2) is 30.3 Å². The lowest BCUT2D eigenvalue weighted by Gasteiger charge is -2.24. The van der Waals surface area contributed by atoms with Gasteiger partial charge in [0.15, 0.2) is 0 Å². The Kier molecular flexibility index (Phi) is 5.93. The van der Waals surface area contributed by atoms with Gasteiger partial charge in [-0.3, -0.25) is 4.79 Å². The SMILES string of the molecule is COc1ccc(C[C@@](C)(O)CNC(=O)Cc2ccc(F)cc2)cc1. The molecule has 0 saturated carbocycles. The molecule has 0 aliphatic rings. The van der Waals surface area contributed by atoms with Crippen LogP contribution in [-0.2, 0) is 17.6 Å². The third-order valence-corrected chi connectivity index (χ3v) is 3.69. The third-order valence-electron chi connectivity index (χ3n) is 3.69. The van der Waals surface area contributed by atoms with Crippen molar-refractivity contribution in [2.45, 2.75) is 25.4 Å². The van der Waals surface area contributed by atoms with E-state index in [4.69, 9.17) is 4.74 Å². The maximum absolute atomic E-state index is 12.8. The number of ether oxygens (including phenoxy) is 1. The Labute approximate surface area is 141 Å². The van der Waals surface area contributed by atoms with Crippen molar-refractivity contribution in [2.75, 3.05) is 13.7 Å². The van der Waals surface area contributed by atoms with Crippen molar-refractivity contribution in [3.05, 3.63) is 65.5 Å². The molecule has 1 atom stereocenters. The molecule has 0 radical (unpaired) electrons. The first kappa shape index (κ1) is 17.9. The number of carbonyl (C=O) groups excluding carboxylic acids is 1. The number of amides is 1. The van der Waals surface area contributed by atoms with Gasteiger partial charge >= 0.3 is 0 Å². The molecule has 2 aromatic carbocycles. The fraction of sp³-hybridized carbons (Fsp3) is 0.316. The summed E-state index contributed by atoms with van der Waals surface area (Å²) < 4.78 is 17.9. The van der Waals surface area contributed by atoms with Gasteiger partial charge in [0, 0.05) is 13.0 Å². The first-order valence-electron chi connectivity index (χ1n) is 7.74. The number of rotatable bonds is 7. The second kappa shape index (κ2) is 7.93. The average molecular weight is 331 g/mol. The summed E-state index contributed by atoms with van der Waals surface area (Å²) in [6.45, 7) is 1.81. The highest BCUT2D eigenvalue weighted by atomic mass is 19.1. The fourth-order valence-electron chi connectivity index (χ4n) is 2.38. The molecule has 0 unspecified atom stereocenters. The number of hydrogen-bond acceptors (Lipinski definition) is 3. The van der Waals surface area contributed by atoms with E-state index < -0.39 is 5.60 Å². The molecule has 128 valence electrons. The van der Waals surface area contributed by atoms with Crippen LogP contribution >= 0.6 is 0 Å². The minimum Gasteiger partial charge on any atom is -0.497 e. The zero-order chi connectivity index (χ0) is 17.6. The topological polar surface area (TPSA) is 58.6 Å². The van der Waals surface area contributed by atoms with E-state index in [0.717, 1.165) is 16.9 Å². The first-order chi connectivity index (χ1) is 11.4. The lowest BCUT2D eigenvalue weighted by molar-refractivity contribution is -0.121. The molecule has 2 aromatic rings. The first-order valence-corrected chi connectivity index (χ1v) is 7.74. The van der Waals surface area contributed by atoms with Gasteiger partial charge in [-0.25, -0.2) is 4.39 Å². The summed E-state index contributed by atoms with van der Waals surface area (Å²) in [5.74, 6) is 0.212. The second-order valence-electron chi connectivity index (χ2n) is 6.10. The Bertz CT molecular complexity index is 666.